The summed E-state index contributed by atoms with van der Waals surface area (Å²) in [5.74, 6) is 0.412. The summed E-state index contributed by atoms with van der Waals surface area (Å²) in [6.07, 6.45) is 4.72. The Kier molecular flexibility index (Phi) is 1.44. The van der Waals surface area contributed by atoms with Gasteiger partial charge in [-0.2, -0.15) is 0 Å². The summed E-state index contributed by atoms with van der Waals surface area (Å²) in [5.41, 5.74) is 0.0243. The first-order valence-corrected chi connectivity index (χ1v) is 4.52. The summed E-state index contributed by atoms with van der Waals surface area (Å²) in [7, 11) is 0. The third-order valence-corrected chi connectivity index (χ3v) is 2.96. The van der Waals surface area contributed by atoms with E-state index in [4.69, 9.17) is 0 Å². The van der Waals surface area contributed by atoms with Gasteiger partial charge in [-0.25, -0.2) is 0 Å². The number of rotatable bonds is 1. The van der Waals surface area contributed by atoms with Gasteiger partial charge >= 0.3 is 0 Å². The van der Waals surface area contributed by atoms with Crippen molar-refractivity contribution in [1.29, 1.82) is 0 Å². The van der Waals surface area contributed by atoms with Gasteiger partial charge in [0.25, 0.3) is 0 Å². The molecule has 2 nitrogen and oxygen atoms in total. The summed E-state index contributed by atoms with van der Waals surface area (Å²) >= 11 is 0. The molecule has 1 aliphatic heterocycles. The summed E-state index contributed by atoms with van der Waals surface area (Å²) < 4.78 is 0. The van der Waals surface area contributed by atoms with Crippen molar-refractivity contribution in [3.05, 3.63) is 0 Å². The molecule has 0 radical (unpaired) electrons. The fourth-order valence-corrected chi connectivity index (χ4v) is 2.00. The number of carbonyl (C=O) groups excluding carboxylic acids is 1. The van der Waals surface area contributed by atoms with Gasteiger partial charge in [0.2, 0.25) is 5.91 Å². The maximum Gasteiger partial charge on any atom is 0.228 e. The molecule has 0 aromatic heterocycles. The molecular formula is C9H15NO. The van der Waals surface area contributed by atoms with Crippen molar-refractivity contribution in [2.75, 3.05) is 13.1 Å². The zero-order chi connectivity index (χ0) is 7.90. The molecule has 1 amide bonds. The smallest absolute Gasteiger partial charge is 0.228 e. The molecule has 1 saturated carbocycles. The van der Waals surface area contributed by atoms with Gasteiger partial charge < -0.3 is 4.90 Å². The van der Waals surface area contributed by atoms with Crippen LogP contribution < -0.4 is 0 Å². The minimum Gasteiger partial charge on any atom is -0.339 e. The highest BCUT2D eigenvalue weighted by molar-refractivity contribution is 5.84. The van der Waals surface area contributed by atoms with Crippen LogP contribution in [0.2, 0.25) is 0 Å². The van der Waals surface area contributed by atoms with Crippen molar-refractivity contribution in [2.45, 2.75) is 32.6 Å². The normalized spacial score (nSPS) is 27.2. The highest BCUT2D eigenvalue weighted by Crippen LogP contribution is 2.40. The molecule has 0 N–H and O–H groups in total. The van der Waals surface area contributed by atoms with E-state index in [-0.39, 0.29) is 5.41 Å². The van der Waals surface area contributed by atoms with Crippen molar-refractivity contribution in [3.63, 3.8) is 0 Å². The van der Waals surface area contributed by atoms with Gasteiger partial charge in [0.15, 0.2) is 0 Å². The van der Waals surface area contributed by atoms with Crippen LogP contribution in [0.1, 0.15) is 32.6 Å². The second-order valence-electron chi connectivity index (χ2n) is 4.06. The van der Waals surface area contributed by atoms with Crippen molar-refractivity contribution < 1.29 is 4.79 Å². The first-order chi connectivity index (χ1) is 5.22. The van der Waals surface area contributed by atoms with E-state index in [0.717, 1.165) is 25.9 Å². The Morgan fingerprint density at radius 2 is 1.82 bits per heavy atom. The summed E-state index contributed by atoms with van der Waals surface area (Å²) in [6, 6.07) is 0. The lowest BCUT2D eigenvalue weighted by atomic mass is 9.88. The second-order valence-corrected chi connectivity index (χ2v) is 4.06. The number of hydrogen-bond donors (Lipinski definition) is 0. The van der Waals surface area contributed by atoms with Gasteiger partial charge in [-0.05, 0) is 12.8 Å². The van der Waals surface area contributed by atoms with Crippen LogP contribution in [0.5, 0.6) is 0 Å². The van der Waals surface area contributed by atoms with Gasteiger partial charge in [-0.1, -0.05) is 19.8 Å². The first kappa shape index (κ1) is 7.14. The molecule has 2 heteroatoms. The van der Waals surface area contributed by atoms with Crippen molar-refractivity contribution >= 4 is 5.91 Å². The molecule has 2 fully saturated rings. The lowest BCUT2D eigenvalue weighted by Crippen LogP contribution is -2.30. The topological polar surface area (TPSA) is 20.1 Å². The maximum atomic E-state index is 11.7. The molecule has 0 unspecified atom stereocenters. The van der Waals surface area contributed by atoms with E-state index in [1.807, 2.05) is 4.90 Å². The van der Waals surface area contributed by atoms with E-state index >= 15 is 0 Å². The zero-order valence-electron chi connectivity index (χ0n) is 7.10. The molecule has 0 atom stereocenters. The Hall–Kier alpha value is -0.530. The highest BCUT2D eigenvalue weighted by atomic mass is 16.2. The molecule has 62 valence electrons. The van der Waals surface area contributed by atoms with Crippen LogP contribution in [0.3, 0.4) is 0 Å². The van der Waals surface area contributed by atoms with E-state index in [1.165, 1.54) is 12.8 Å². The van der Waals surface area contributed by atoms with Crippen LogP contribution in [0.15, 0.2) is 0 Å². The molecule has 1 heterocycles. The van der Waals surface area contributed by atoms with E-state index in [2.05, 4.69) is 6.92 Å². The monoisotopic (exact) mass is 153 g/mol. The fourth-order valence-electron chi connectivity index (χ4n) is 2.00. The van der Waals surface area contributed by atoms with Crippen LogP contribution in [0.4, 0.5) is 0 Å². The molecule has 0 aromatic carbocycles. The van der Waals surface area contributed by atoms with E-state index in [9.17, 15) is 4.79 Å². The predicted molar refractivity (Wildman–Crippen MR) is 43.2 cm³/mol. The van der Waals surface area contributed by atoms with Gasteiger partial charge in [0, 0.05) is 18.5 Å². The Morgan fingerprint density at radius 3 is 2.27 bits per heavy atom. The SMILES string of the molecule is CC1(C(=O)N2CC2)CCCC1. The Labute approximate surface area is 67.6 Å². The van der Waals surface area contributed by atoms with Crippen molar-refractivity contribution in [1.82, 2.24) is 4.90 Å². The van der Waals surface area contributed by atoms with E-state index < -0.39 is 0 Å². The minimum absolute atomic E-state index is 0.0243. The Bertz CT molecular complexity index is 178. The van der Waals surface area contributed by atoms with Gasteiger partial charge in [0.1, 0.15) is 0 Å². The third kappa shape index (κ3) is 1.15. The van der Waals surface area contributed by atoms with Crippen LogP contribution in [-0.4, -0.2) is 23.9 Å². The van der Waals surface area contributed by atoms with Gasteiger partial charge in [0.05, 0.1) is 0 Å². The number of amides is 1. The summed E-state index contributed by atoms with van der Waals surface area (Å²) in [6.45, 7) is 4.14. The molecular weight excluding hydrogens is 138 g/mol. The van der Waals surface area contributed by atoms with Gasteiger partial charge in [-0.3, -0.25) is 4.79 Å². The molecule has 0 bridgehead atoms. The maximum absolute atomic E-state index is 11.7. The molecule has 2 rings (SSSR count). The first-order valence-electron chi connectivity index (χ1n) is 4.52. The molecule has 11 heavy (non-hydrogen) atoms. The lowest BCUT2D eigenvalue weighted by molar-refractivity contribution is -0.135. The standard InChI is InChI=1S/C9H15NO/c1-9(4-2-3-5-9)8(11)10-6-7-10/h2-7H2,1H3. The minimum atomic E-state index is 0.0243. The lowest BCUT2D eigenvalue weighted by Gasteiger charge is -2.21. The van der Waals surface area contributed by atoms with E-state index in [0.29, 0.717) is 5.91 Å². The number of hydrogen-bond acceptors (Lipinski definition) is 1. The summed E-state index contributed by atoms with van der Waals surface area (Å²) in [4.78, 5) is 13.6. The highest BCUT2D eigenvalue weighted by Gasteiger charge is 2.41. The average Bonchev–Trinajstić information content (AvgIpc) is 2.74. The quantitative estimate of drug-likeness (QED) is 0.521. The largest absolute Gasteiger partial charge is 0.339 e. The van der Waals surface area contributed by atoms with Crippen LogP contribution in [-0.2, 0) is 4.79 Å². The molecule has 1 aliphatic carbocycles. The van der Waals surface area contributed by atoms with Crippen LogP contribution in [0, 0.1) is 5.41 Å². The van der Waals surface area contributed by atoms with Gasteiger partial charge in [-0.15, -0.1) is 0 Å². The molecule has 0 aromatic rings. The van der Waals surface area contributed by atoms with E-state index in [1.54, 1.807) is 0 Å². The Balaban J connectivity index is 2.05. The van der Waals surface area contributed by atoms with Crippen molar-refractivity contribution in [2.24, 2.45) is 5.41 Å². The van der Waals surface area contributed by atoms with Crippen LogP contribution >= 0.6 is 0 Å². The molecule has 0 spiro atoms. The number of nitrogens with zero attached hydrogens (tertiary/aromatic N) is 1. The van der Waals surface area contributed by atoms with Crippen molar-refractivity contribution in [3.8, 4) is 0 Å². The fraction of sp³-hybridized carbons (Fsp3) is 0.889. The van der Waals surface area contributed by atoms with Crippen LogP contribution in [0.25, 0.3) is 0 Å². The average molecular weight is 153 g/mol. The molecule has 1 saturated heterocycles. The second kappa shape index (κ2) is 2.23. The Morgan fingerprint density at radius 1 is 1.27 bits per heavy atom. The molecule has 2 aliphatic rings. The predicted octanol–water partition coefficient (Wildman–Crippen LogP) is 1.41. The zero-order valence-corrected chi connectivity index (χ0v) is 7.10. The third-order valence-electron chi connectivity index (χ3n) is 2.96. The summed E-state index contributed by atoms with van der Waals surface area (Å²) in [5, 5.41) is 0. The number of carbonyl (C=O) groups is 1.